The zero-order valence-electron chi connectivity index (χ0n) is 15.6. The molecule has 0 bridgehead atoms. The second-order valence-electron chi connectivity index (χ2n) is 6.56. The molecule has 1 saturated heterocycles. The van der Waals surface area contributed by atoms with Crippen LogP contribution >= 0.6 is 11.8 Å². The molecule has 0 N–H and O–H groups in total. The summed E-state index contributed by atoms with van der Waals surface area (Å²) < 4.78 is 7.06. The predicted octanol–water partition coefficient (Wildman–Crippen LogP) is 2.66. The number of rotatable bonds is 5. The standard InChI is InChI=1S/C20H21N5O2S/c1-15-7-9-17(10-8-15)25-20(21-22-23-25)28-18(16-5-3-2-4-6-16)19(26)24-11-13-27-14-12-24/h2-10,18H,11-14H2,1H3. The lowest BCUT2D eigenvalue weighted by atomic mass is 10.1. The number of hydrogen-bond acceptors (Lipinski definition) is 6. The quantitative estimate of drug-likeness (QED) is 0.619. The maximum Gasteiger partial charge on any atom is 0.240 e. The minimum Gasteiger partial charge on any atom is -0.378 e. The molecule has 28 heavy (non-hydrogen) atoms. The number of carbonyl (C=O) groups is 1. The maximum absolute atomic E-state index is 13.3. The summed E-state index contributed by atoms with van der Waals surface area (Å²) >= 11 is 1.37. The largest absolute Gasteiger partial charge is 0.378 e. The van der Waals surface area contributed by atoms with Gasteiger partial charge in [-0.2, -0.15) is 4.68 Å². The van der Waals surface area contributed by atoms with Crippen molar-refractivity contribution >= 4 is 17.7 Å². The van der Waals surface area contributed by atoms with Gasteiger partial charge in [0.05, 0.1) is 18.9 Å². The minimum atomic E-state index is -0.422. The van der Waals surface area contributed by atoms with Crippen LogP contribution in [0, 0.1) is 6.92 Å². The van der Waals surface area contributed by atoms with Crippen molar-refractivity contribution < 1.29 is 9.53 Å². The Balaban J connectivity index is 1.64. The van der Waals surface area contributed by atoms with E-state index in [0.717, 1.165) is 16.8 Å². The van der Waals surface area contributed by atoms with Crippen molar-refractivity contribution in [1.82, 2.24) is 25.1 Å². The molecular weight excluding hydrogens is 374 g/mol. The monoisotopic (exact) mass is 395 g/mol. The molecule has 3 aromatic rings. The van der Waals surface area contributed by atoms with E-state index in [1.807, 2.05) is 66.4 Å². The fraction of sp³-hybridized carbons (Fsp3) is 0.300. The zero-order chi connectivity index (χ0) is 19.3. The summed E-state index contributed by atoms with van der Waals surface area (Å²) in [7, 11) is 0. The average molecular weight is 395 g/mol. The molecule has 0 aliphatic carbocycles. The van der Waals surface area contributed by atoms with Gasteiger partial charge in [-0.05, 0) is 35.0 Å². The van der Waals surface area contributed by atoms with Gasteiger partial charge in [0, 0.05) is 13.1 Å². The van der Waals surface area contributed by atoms with Crippen LogP contribution in [0.3, 0.4) is 0 Å². The van der Waals surface area contributed by atoms with E-state index in [2.05, 4.69) is 15.5 Å². The van der Waals surface area contributed by atoms with E-state index in [9.17, 15) is 4.79 Å². The van der Waals surface area contributed by atoms with Crippen molar-refractivity contribution in [2.45, 2.75) is 17.3 Å². The van der Waals surface area contributed by atoms with Crippen LogP contribution in [-0.2, 0) is 9.53 Å². The Morgan fingerprint density at radius 1 is 1.07 bits per heavy atom. The minimum absolute atomic E-state index is 0.0537. The lowest BCUT2D eigenvalue weighted by Crippen LogP contribution is -2.42. The fourth-order valence-corrected chi connectivity index (χ4v) is 4.12. The molecule has 0 spiro atoms. The smallest absolute Gasteiger partial charge is 0.240 e. The molecule has 1 fully saturated rings. The zero-order valence-corrected chi connectivity index (χ0v) is 16.4. The second-order valence-corrected chi connectivity index (χ2v) is 7.63. The van der Waals surface area contributed by atoms with Crippen LogP contribution in [0.1, 0.15) is 16.4 Å². The van der Waals surface area contributed by atoms with E-state index in [1.54, 1.807) is 4.68 Å². The molecule has 8 heteroatoms. The lowest BCUT2D eigenvalue weighted by molar-refractivity contribution is -0.134. The second kappa shape index (κ2) is 8.53. The van der Waals surface area contributed by atoms with E-state index >= 15 is 0 Å². The topological polar surface area (TPSA) is 73.1 Å². The van der Waals surface area contributed by atoms with Crippen molar-refractivity contribution in [2.24, 2.45) is 0 Å². The van der Waals surface area contributed by atoms with Crippen molar-refractivity contribution in [3.05, 3.63) is 65.7 Å². The summed E-state index contributed by atoms with van der Waals surface area (Å²) in [5.41, 5.74) is 2.96. The summed E-state index contributed by atoms with van der Waals surface area (Å²) in [5, 5.41) is 12.3. The van der Waals surface area contributed by atoms with Gasteiger partial charge >= 0.3 is 0 Å². The first-order valence-electron chi connectivity index (χ1n) is 9.16. The lowest BCUT2D eigenvalue weighted by Gasteiger charge is -2.30. The molecule has 0 saturated carbocycles. The van der Waals surface area contributed by atoms with E-state index in [1.165, 1.54) is 11.8 Å². The highest BCUT2D eigenvalue weighted by Gasteiger charge is 2.30. The molecule has 0 radical (unpaired) electrons. The average Bonchev–Trinajstić information content (AvgIpc) is 3.21. The third kappa shape index (κ3) is 4.07. The van der Waals surface area contributed by atoms with Gasteiger partial charge < -0.3 is 9.64 Å². The molecule has 2 heterocycles. The number of amides is 1. The van der Waals surface area contributed by atoms with Crippen LogP contribution in [0.15, 0.2) is 59.8 Å². The Morgan fingerprint density at radius 3 is 2.50 bits per heavy atom. The van der Waals surface area contributed by atoms with Gasteiger partial charge in [-0.1, -0.05) is 59.8 Å². The van der Waals surface area contributed by atoms with Crippen molar-refractivity contribution in [3.8, 4) is 5.69 Å². The van der Waals surface area contributed by atoms with Crippen LogP contribution in [0.5, 0.6) is 0 Å². The summed E-state index contributed by atoms with van der Waals surface area (Å²) in [6.07, 6.45) is 0. The van der Waals surface area contributed by atoms with Gasteiger partial charge in [0.15, 0.2) is 0 Å². The molecule has 1 amide bonds. The molecule has 7 nitrogen and oxygen atoms in total. The number of ether oxygens (including phenoxy) is 1. The van der Waals surface area contributed by atoms with Gasteiger partial charge in [0.2, 0.25) is 11.1 Å². The Morgan fingerprint density at radius 2 is 1.79 bits per heavy atom. The summed E-state index contributed by atoms with van der Waals surface area (Å²) in [6.45, 7) is 4.38. The third-order valence-electron chi connectivity index (χ3n) is 4.59. The Hall–Kier alpha value is -2.71. The molecular formula is C20H21N5O2S. The van der Waals surface area contributed by atoms with Crippen LogP contribution in [-0.4, -0.2) is 57.3 Å². The molecule has 4 rings (SSSR count). The first-order valence-corrected chi connectivity index (χ1v) is 10.0. The number of carbonyl (C=O) groups excluding carboxylic acids is 1. The first-order chi connectivity index (χ1) is 13.7. The number of aromatic nitrogens is 4. The summed E-state index contributed by atoms with van der Waals surface area (Å²) in [5.74, 6) is 0.0537. The van der Waals surface area contributed by atoms with Gasteiger partial charge in [-0.15, -0.1) is 5.10 Å². The van der Waals surface area contributed by atoms with Crippen molar-refractivity contribution in [2.75, 3.05) is 26.3 Å². The normalized spacial score (nSPS) is 15.4. The van der Waals surface area contributed by atoms with Gasteiger partial charge in [0.25, 0.3) is 0 Å². The van der Waals surface area contributed by atoms with Crippen molar-refractivity contribution in [1.29, 1.82) is 0 Å². The number of hydrogen-bond donors (Lipinski definition) is 0. The van der Waals surface area contributed by atoms with Gasteiger partial charge in [-0.25, -0.2) is 0 Å². The van der Waals surface area contributed by atoms with Crippen molar-refractivity contribution in [3.63, 3.8) is 0 Å². The fourth-order valence-electron chi connectivity index (χ4n) is 3.04. The van der Waals surface area contributed by atoms with Gasteiger partial charge in [-0.3, -0.25) is 4.79 Å². The molecule has 1 atom stereocenters. The molecule has 1 aliphatic heterocycles. The summed E-state index contributed by atoms with van der Waals surface area (Å²) in [4.78, 5) is 15.1. The number of thioether (sulfide) groups is 1. The Kier molecular flexibility index (Phi) is 5.68. The molecule has 1 unspecified atom stereocenters. The van der Waals surface area contributed by atoms with E-state index in [4.69, 9.17) is 4.74 Å². The van der Waals surface area contributed by atoms with E-state index in [0.29, 0.717) is 31.5 Å². The van der Waals surface area contributed by atoms with Crippen LogP contribution in [0.2, 0.25) is 0 Å². The molecule has 1 aromatic heterocycles. The Labute approximate surface area is 167 Å². The highest BCUT2D eigenvalue weighted by atomic mass is 32.2. The van der Waals surface area contributed by atoms with Gasteiger partial charge in [0.1, 0.15) is 5.25 Å². The highest BCUT2D eigenvalue weighted by Crippen LogP contribution is 2.36. The number of morpholine rings is 1. The molecule has 1 aliphatic rings. The van der Waals surface area contributed by atoms with E-state index < -0.39 is 5.25 Å². The number of aryl methyl sites for hydroxylation is 1. The number of tetrazole rings is 1. The highest BCUT2D eigenvalue weighted by molar-refractivity contribution is 8.00. The first kappa shape index (κ1) is 18.6. The van der Waals surface area contributed by atoms with Crippen LogP contribution < -0.4 is 0 Å². The Bertz CT molecular complexity index is 923. The number of nitrogens with zero attached hydrogens (tertiary/aromatic N) is 5. The number of benzene rings is 2. The SMILES string of the molecule is Cc1ccc(-n2nnnc2SC(C(=O)N2CCOCC2)c2ccccc2)cc1. The predicted molar refractivity (Wildman–Crippen MR) is 106 cm³/mol. The molecule has 144 valence electrons. The maximum atomic E-state index is 13.3. The van der Waals surface area contributed by atoms with Crippen LogP contribution in [0.25, 0.3) is 5.69 Å². The van der Waals surface area contributed by atoms with E-state index in [-0.39, 0.29) is 5.91 Å². The third-order valence-corrected chi connectivity index (χ3v) is 5.77. The van der Waals surface area contributed by atoms with Crippen LogP contribution in [0.4, 0.5) is 0 Å². The molecule has 2 aromatic carbocycles. The summed E-state index contributed by atoms with van der Waals surface area (Å²) in [6, 6.07) is 17.7.